The summed E-state index contributed by atoms with van der Waals surface area (Å²) in [5, 5.41) is 8.92. The second kappa shape index (κ2) is 3.76. The van der Waals surface area contributed by atoms with E-state index in [1.165, 1.54) is 19.3 Å². The average Bonchev–Trinajstić information content (AvgIpc) is 2.81. The van der Waals surface area contributed by atoms with Gasteiger partial charge in [-0.2, -0.15) is 5.26 Å². The van der Waals surface area contributed by atoms with Crippen molar-refractivity contribution in [1.29, 1.82) is 5.26 Å². The molecule has 0 radical (unpaired) electrons. The third-order valence-corrected chi connectivity index (χ3v) is 4.61. The zero-order valence-corrected chi connectivity index (χ0v) is 9.56. The maximum atomic E-state index is 12.3. The van der Waals surface area contributed by atoms with Crippen LogP contribution in [0.15, 0.2) is 0 Å². The first-order valence-electron chi connectivity index (χ1n) is 6.49. The van der Waals surface area contributed by atoms with Crippen molar-refractivity contribution in [3.05, 3.63) is 0 Å². The molecule has 1 amide bonds. The number of piperidine rings is 1. The van der Waals surface area contributed by atoms with Crippen LogP contribution in [-0.4, -0.2) is 23.9 Å². The highest BCUT2D eigenvalue weighted by molar-refractivity contribution is 5.82. The number of nitriles is 1. The number of rotatable bonds is 1. The molecule has 3 fully saturated rings. The number of hydrogen-bond donors (Lipinski definition) is 0. The largest absolute Gasteiger partial charge is 0.341 e. The van der Waals surface area contributed by atoms with Gasteiger partial charge in [-0.25, -0.2) is 0 Å². The molecule has 3 nitrogen and oxygen atoms in total. The predicted molar refractivity (Wildman–Crippen MR) is 59.2 cm³/mol. The van der Waals surface area contributed by atoms with E-state index in [4.69, 9.17) is 5.26 Å². The number of amides is 1. The Morgan fingerprint density at radius 3 is 2.62 bits per heavy atom. The van der Waals surface area contributed by atoms with E-state index >= 15 is 0 Å². The highest BCUT2D eigenvalue weighted by Crippen LogP contribution is 2.58. The highest BCUT2D eigenvalue weighted by Gasteiger charge is 2.57. The Labute approximate surface area is 96.4 Å². The van der Waals surface area contributed by atoms with E-state index in [2.05, 4.69) is 6.07 Å². The van der Waals surface area contributed by atoms with Gasteiger partial charge in [0.25, 0.3) is 0 Å². The van der Waals surface area contributed by atoms with Gasteiger partial charge in [-0.15, -0.1) is 0 Å². The van der Waals surface area contributed by atoms with Crippen LogP contribution in [0, 0.1) is 35.0 Å². The fourth-order valence-corrected chi connectivity index (χ4v) is 3.68. The van der Waals surface area contributed by atoms with Crippen LogP contribution in [0.5, 0.6) is 0 Å². The molecule has 16 heavy (non-hydrogen) atoms. The summed E-state index contributed by atoms with van der Waals surface area (Å²) < 4.78 is 0. The first-order chi connectivity index (χ1) is 7.81. The van der Waals surface area contributed by atoms with Crippen LogP contribution in [0.1, 0.15) is 32.1 Å². The lowest BCUT2D eigenvalue weighted by Crippen LogP contribution is -2.41. The minimum atomic E-state index is 0.0799. The van der Waals surface area contributed by atoms with E-state index in [9.17, 15) is 4.79 Å². The Morgan fingerprint density at radius 2 is 1.94 bits per heavy atom. The monoisotopic (exact) mass is 218 g/mol. The Bertz CT molecular complexity index is 336. The van der Waals surface area contributed by atoms with Crippen molar-refractivity contribution in [2.45, 2.75) is 32.1 Å². The number of fused-ring (bicyclic) bond motifs is 1. The van der Waals surface area contributed by atoms with Crippen molar-refractivity contribution in [1.82, 2.24) is 4.90 Å². The van der Waals surface area contributed by atoms with Gasteiger partial charge in [0.05, 0.1) is 12.0 Å². The van der Waals surface area contributed by atoms with Crippen LogP contribution < -0.4 is 0 Å². The smallest absolute Gasteiger partial charge is 0.226 e. The maximum absolute atomic E-state index is 12.3. The van der Waals surface area contributed by atoms with Crippen molar-refractivity contribution >= 4 is 5.91 Å². The van der Waals surface area contributed by atoms with Gasteiger partial charge >= 0.3 is 0 Å². The van der Waals surface area contributed by atoms with Crippen LogP contribution in [0.25, 0.3) is 0 Å². The molecule has 0 aromatic carbocycles. The molecule has 1 heterocycles. The first-order valence-corrected chi connectivity index (χ1v) is 6.49. The predicted octanol–water partition coefficient (Wildman–Crippen LogP) is 1.79. The number of likely N-dealkylation sites (tertiary alicyclic amines) is 1. The van der Waals surface area contributed by atoms with E-state index in [1.807, 2.05) is 4.90 Å². The maximum Gasteiger partial charge on any atom is 0.226 e. The van der Waals surface area contributed by atoms with Crippen LogP contribution >= 0.6 is 0 Å². The standard InChI is InChI=1S/C13H18N2O/c14-7-9-3-2-6-15(8-9)13(16)12-10-4-1-5-11(10)12/h9-12H,1-6,8H2. The lowest BCUT2D eigenvalue weighted by molar-refractivity contribution is -0.134. The van der Waals surface area contributed by atoms with Crippen LogP contribution in [0.3, 0.4) is 0 Å². The number of hydrogen-bond acceptors (Lipinski definition) is 2. The molecule has 1 saturated heterocycles. The Morgan fingerprint density at radius 1 is 1.19 bits per heavy atom. The molecule has 0 bridgehead atoms. The number of nitrogens with zero attached hydrogens (tertiary/aromatic N) is 2. The van der Waals surface area contributed by atoms with E-state index in [-0.39, 0.29) is 5.92 Å². The molecule has 0 aromatic heterocycles. The van der Waals surface area contributed by atoms with E-state index in [0.717, 1.165) is 19.4 Å². The molecule has 3 heteroatoms. The van der Waals surface area contributed by atoms with Gasteiger partial charge < -0.3 is 4.90 Å². The molecule has 1 aliphatic heterocycles. The summed E-state index contributed by atoms with van der Waals surface area (Å²) in [6.07, 6.45) is 5.82. The molecule has 3 rings (SSSR count). The molecule has 0 spiro atoms. The van der Waals surface area contributed by atoms with Gasteiger partial charge in [-0.3, -0.25) is 4.79 Å². The summed E-state index contributed by atoms with van der Waals surface area (Å²) in [4.78, 5) is 14.2. The lowest BCUT2D eigenvalue weighted by Gasteiger charge is -2.30. The van der Waals surface area contributed by atoms with Crippen LogP contribution in [0.4, 0.5) is 0 Å². The molecule has 2 aliphatic carbocycles. The van der Waals surface area contributed by atoms with Gasteiger partial charge in [-0.1, -0.05) is 6.42 Å². The zero-order chi connectivity index (χ0) is 11.1. The molecule has 2 saturated carbocycles. The van der Waals surface area contributed by atoms with Crippen molar-refractivity contribution < 1.29 is 4.79 Å². The van der Waals surface area contributed by atoms with Gasteiger partial charge in [0.1, 0.15) is 0 Å². The van der Waals surface area contributed by atoms with Crippen molar-refractivity contribution in [2.24, 2.45) is 23.7 Å². The van der Waals surface area contributed by atoms with Gasteiger partial charge in [-0.05, 0) is 37.5 Å². The quantitative estimate of drug-likeness (QED) is 0.673. The van der Waals surface area contributed by atoms with Crippen molar-refractivity contribution in [2.75, 3.05) is 13.1 Å². The summed E-state index contributed by atoms with van der Waals surface area (Å²) in [5.74, 6) is 2.18. The normalized spacial score (nSPS) is 41.3. The summed E-state index contributed by atoms with van der Waals surface area (Å²) in [7, 11) is 0. The zero-order valence-electron chi connectivity index (χ0n) is 9.56. The number of carbonyl (C=O) groups is 1. The topological polar surface area (TPSA) is 44.1 Å². The van der Waals surface area contributed by atoms with Crippen molar-refractivity contribution in [3.63, 3.8) is 0 Å². The fourth-order valence-electron chi connectivity index (χ4n) is 3.68. The van der Waals surface area contributed by atoms with Crippen molar-refractivity contribution in [3.8, 4) is 6.07 Å². The minimum absolute atomic E-state index is 0.0799. The third kappa shape index (κ3) is 1.52. The number of carbonyl (C=O) groups excluding carboxylic acids is 1. The van der Waals surface area contributed by atoms with Gasteiger partial charge in [0, 0.05) is 19.0 Å². The van der Waals surface area contributed by atoms with Gasteiger partial charge in [0.2, 0.25) is 5.91 Å². The molecular weight excluding hydrogens is 200 g/mol. The third-order valence-electron chi connectivity index (χ3n) is 4.61. The average molecular weight is 218 g/mol. The molecule has 0 N–H and O–H groups in total. The van der Waals surface area contributed by atoms with Gasteiger partial charge in [0.15, 0.2) is 0 Å². The minimum Gasteiger partial charge on any atom is -0.341 e. The summed E-state index contributed by atoms with van der Waals surface area (Å²) >= 11 is 0. The fraction of sp³-hybridized carbons (Fsp3) is 0.846. The Hall–Kier alpha value is -1.04. The van der Waals surface area contributed by atoms with E-state index < -0.39 is 0 Å². The first kappa shape index (κ1) is 10.1. The highest BCUT2D eigenvalue weighted by atomic mass is 16.2. The molecule has 86 valence electrons. The summed E-state index contributed by atoms with van der Waals surface area (Å²) in [5.41, 5.74) is 0. The van der Waals surface area contributed by atoms with Crippen LogP contribution in [-0.2, 0) is 4.79 Å². The molecule has 0 aromatic rings. The second-order valence-electron chi connectivity index (χ2n) is 5.54. The lowest BCUT2D eigenvalue weighted by atomic mass is 9.98. The molecule has 3 unspecified atom stereocenters. The Kier molecular flexibility index (Phi) is 2.38. The van der Waals surface area contributed by atoms with E-state index in [0.29, 0.717) is 30.2 Å². The molecule has 3 atom stereocenters. The van der Waals surface area contributed by atoms with E-state index in [1.54, 1.807) is 0 Å². The van der Waals surface area contributed by atoms with Crippen LogP contribution in [0.2, 0.25) is 0 Å². The summed E-state index contributed by atoms with van der Waals surface area (Å²) in [6.45, 7) is 1.57. The second-order valence-corrected chi connectivity index (χ2v) is 5.54. The molecule has 3 aliphatic rings. The molecular formula is C13H18N2O. The SMILES string of the molecule is N#CC1CCCN(C(=O)C2C3CCCC32)C1. The Balaban J connectivity index is 1.61. The summed E-state index contributed by atoms with van der Waals surface area (Å²) in [6, 6.07) is 2.30.